The van der Waals surface area contributed by atoms with Crippen LogP contribution in [0.1, 0.15) is 17.7 Å². The van der Waals surface area contributed by atoms with Gasteiger partial charge in [0.15, 0.2) is 0 Å². The second kappa shape index (κ2) is 6.46. The van der Waals surface area contributed by atoms with E-state index in [2.05, 4.69) is 5.32 Å². The molecule has 1 N–H and O–H groups in total. The zero-order valence-corrected chi connectivity index (χ0v) is 13.5. The maximum atomic E-state index is 12.5. The summed E-state index contributed by atoms with van der Waals surface area (Å²) in [7, 11) is 0. The predicted octanol–water partition coefficient (Wildman–Crippen LogP) is 2.91. The van der Waals surface area contributed by atoms with Crippen LogP contribution in [0.3, 0.4) is 0 Å². The van der Waals surface area contributed by atoms with E-state index in [4.69, 9.17) is 16.0 Å². The molecule has 0 spiro atoms. The van der Waals surface area contributed by atoms with E-state index in [0.717, 1.165) is 11.3 Å². The van der Waals surface area contributed by atoms with E-state index in [1.54, 1.807) is 35.4 Å². The molecule has 2 heterocycles. The fourth-order valence-electron chi connectivity index (χ4n) is 2.69. The highest BCUT2D eigenvalue weighted by molar-refractivity contribution is 6.31. The van der Waals surface area contributed by atoms with Gasteiger partial charge in [0.05, 0.1) is 12.8 Å². The Bertz CT molecular complexity index is 727. The molecule has 1 aromatic heterocycles. The van der Waals surface area contributed by atoms with Gasteiger partial charge in [-0.05, 0) is 49.2 Å². The van der Waals surface area contributed by atoms with E-state index in [1.807, 2.05) is 13.0 Å². The molecule has 2 aromatic rings. The van der Waals surface area contributed by atoms with E-state index in [9.17, 15) is 9.59 Å². The van der Waals surface area contributed by atoms with E-state index in [-0.39, 0.29) is 18.4 Å². The lowest BCUT2D eigenvalue weighted by atomic mass is 10.1. The van der Waals surface area contributed by atoms with Crippen LogP contribution in [0.15, 0.2) is 41.0 Å². The number of nitrogens with one attached hydrogen (secondary N) is 1. The number of carbonyl (C=O) groups excluding carboxylic acids is 2. The molecule has 0 unspecified atom stereocenters. The van der Waals surface area contributed by atoms with E-state index < -0.39 is 5.92 Å². The van der Waals surface area contributed by atoms with Gasteiger partial charge >= 0.3 is 0 Å². The molecule has 1 saturated heterocycles. The minimum absolute atomic E-state index is 0.177. The molecule has 1 aliphatic rings. The van der Waals surface area contributed by atoms with Crippen LogP contribution in [0.4, 0.5) is 5.69 Å². The normalized spacial score (nSPS) is 17.6. The Morgan fingerprint density at radius 1 is 1.43 bits per heavy atom. The number of amides is 2. The van der Waals surface area contributed by atoms with E-state index in [1.165, 1.54) is 0 Å². The van der Waals surface area contributed by atoms with Gasteiger partial charge in [-0.1, -0.05) is 11.6 Å². The number of hydrogen-bond acceptors (Lipinski definition) is 3. The smallest absolute Gasteiger partial charge is 0.239 e. The summed E-state index contributed by atoms with van der Waals surface area (Å²) >= 11 is 6.02. The Balaban J connectivity index is 1.66. The lowest BCUT2D eigenvalue weighted by Crippen LogP contribution is -2.36. The topological polar surface area (TPSA) is 62.6 Å². The van der Waals surface area contributed by atoms with Crippen LogP contribution in [0.2, 0.25) is 5.02 Å². The SMILES string of the molecule is Cc1cc(N2CC[C@@H](C(=O)NCc3ccco3)C2=O)ccc1Cl. The molecule has 1 atom stereocenters. The number of furan rings is 1. The number of rotatable bonds is 4. The number of benzene rings is 1. The van der Waals surface area contributed by atoms with Crippen LogP contribution in [0.25, 0.3) is 0 Å². The number of aryl methyl sites for hydroxylation is 1. The molecular weight excluding hydrogens is 316 g/mol. The second-order valence-electron chi connectivity index (χ2n) is 5.56. The van der Waals surface area contributed by atoms with Crippen molar-refractivity contribution in [3.05, 3.63) is 52.9 Å². The Morgan fingerprint density at radius 2 is 2.26 bits per heavy atom. The van der Waals surface area contributed by atoms with Crippen LogP contribution < -0.4 is 10.2 Å². The summed E-state index contributed by atoms with van der Waals surface area (Å²) < 4.78 is 5.17. The Hall–Kier alpha value is -2.27. The molecular formula is C17H17ClN2O3. The van der Waals surface area contributed by atoms with Crippen molar-refractivity contribution in [3.8, 4) is 0 Å². The molecule has 5 nitrogen and oxygen atoms in total. The zero-order valence-electron chi connectivity index (χ0n) is 12.7. The van der Waals surface area contributed by atoms with Gasteiger partial charge < -0.3 is 14.6 Å². The van der Waals surface area contributed by atoms with Crippen molar-refractivity contribution in [2.75, 3.05) is 11.4 Å². The summed E-state index contributed by atoms with van der Waals surface area (Å²) in [5, 5.41) is 3.41. The van der Waals surface area contributed by atoms with Gasteiger partial charge in [0.1, 0.15) is 11.7 Å². The quantitative estimate of drug-likeness (QED) is 0.876. The largest absolute Gasteiger partial charge is 0.467 e. The lowest BCUT2D eigenvalue weighted by molar-refractivity contribution is -0.132. The summed E-state index contributed by atoms with van der Waals surface area (Å²) in [6, 6.07) is 8.97. The average Bonchev–Trinajstić information content (AvgIpc) is 3.17. The summed E-state index contributed by atoms with van der Waals surface area (Å²) in [6.45, 7) is 2.70. The van der Waals surface area contributed by atoms with Crippen LogP contribution >= 0.6 is 11.6 Å². The highest BCUT2D eigenvalue weighted by Crippen LogP contribution is 2.28. The summed E-state index contributed by atoms with van der Waals surface area (Å²) in [5.41, 5.74) is 1.68. The van der Waals surface area contributed by atoms with Crippen molar-refractivity contribution in [2.24, 2.45) is 5.92 Å². The first-order valence-electron chi connectivity index (χ1n) is 7.44. The number of hydrogen-bond donors (Lipinski definition) is 1. The third-order valence-electron chi connectivity index (χ3n) is 3.99. The minimum Gasteiger partial charge on any atom is -0.467 e. The minimum atomic E-state index is -0.652. The maximum absolute atomic E-state index is 12.5. The molecule has 0 radical (unpaired) electrons. The van der Waals surface area contributed by atoms with Crippen molar-refractivity contribution in [2.45, 2.75) is 19.9 Å². The molecule has 0 aliphatic carbocycles. The third kappa shape index (κ3) is 3.24. The van der Waals surface area contributed by atoms with Gasteiger partial charge in [-0.2, -0.15) is 0 Å². The van der Waals surface area contributed by atoms with E-state index in [0.29, 0.717) is 23.7 Å². The first-order chi connectivity index (χ1) is 11.1. The average molecular weight is 333 g/mol. The number of anilines is 1. The number of halogens is 1. The van der Waals surface area contributed by atoms with E-state index >= 15 is 0 Å². The van der Waals surface area contributed by atoms with Crippen LogP contribution in [0.5, 0.6) is 0 Å². The molecule has 1 fully saturated rings. The fraction of sp³-hybridized carbons (Fsp3) is 0.294. The highest BCUT2D eigenvalue weighted by Gasteiger charge is 2.37. The molecule has 6 heteroatoms. The third-order valence-corrected chi connectivity index (χ3v) is 4.42. The number of carbonyl (C=O) groups is 2. The monoisotopic (exact) mass is 332 g/mol. The van der Waals surface area contributed by atoms with Crippen molar-refractivity contribution >= 4 is 29.1 Å². The molecule has 1 aliphatic heterocycles. The van der Waals surface area contributed by atoms with Gasteiger partial charge in [0.2, 0.25) is 11.8 Å². The van der Waals surface area contributed by atoms with Crippen LogP contribution in [-0.2, 0) is 16.1 Å². The maximum Gasteiger partial charge on any atom is 0.239 e. The molecule has 23 heavy (non-hydrogen) atoms. The van der Waals surface area contributed by atoms with Crippen molar-refractivity contribution in [1.82, 2.24) is 5.32 Å². The van der Waals surface area contributed by atoms with Gasteiger partial charge in [0.25, 0.3) is 0 Å². The first-order valence-corrected chi connectivity index (χ1v) is 7.81. The van der Waals surface area contributed by atoms with Crippen LogP contribution in [0, 0.1) is 12.8 Å². The predicted molar refractivity (Wildman–Crippen MR) is 87.2 cm³/mol. The number of nitrogens with zero attached hydrogens (tertiary/aromatic N) is 1. The summed E-state index contributed by atoms with van der Waals surface area (Å²) in [5.74, 6) is -0.432. The fourth-order valence-corrected chi connectivity index (χ4v) is 2.80. The Labute approximate surface area is 139 Å². The van der Waals surface area contributed by atoms with Crippen molar-refractivity contribution in [3.63, 3.8) is 0 Å². The van der Waals surface area contributed by atoms with Gasteiger partial charge in [-0.15, -0.1) is 0 Å². The van der Waals surface area contributed by atoms with Gasteiger partial charge in [-0.25, -0.2) is 0 Å². The Morgan fingerprint density at radius 3 is 2.96 bits per heavy atom. The first kappa shape index (κ1) is 15.6. The molecule has 120 valence electrons. The highest BCUT2D eigenvalue weighted by atomic mass is 35.5. The Kier molecular flexibility index (Phi) is 4.39. The zero-order chi connectivity index (χ0) is 16.4. The van der Waals surface area contributed by atoms with Crippen LogP contribution in [-0.4, -0.2) is 18.4 Å². The summed E-state index contributed by atoms with van der Waals surface area (Å²) in [4.78, 5) is 26.4. The standard InChI is InChI=1S/C17H17ClN2O3/c1-11-9-12(4-5-15(11)18)20-7-6-14(17(20)22)16(21)19-10-13-3-2-8-23-13/h2-5,8-9,14H,6-7,10H2,1H3,(H,19,21)/t14-/m0/s1. The molecule has 0 bridgehead atoms. The molecule has 2 amide bonds. The van der Waals surface area contributed by atoms with Gasteiger partial charge in [-0.3, -0.25) is 9.59 Å². The molecule has 3 rings (SSSR count). The van der Waals surface area contributed by atoms with Gasteiger partial charge in [0, 0.05) is 17.3 Å². The van der Waals surface area contributed by atoms with Crippen molar-refractivity contribution in [1.29, 1.82) is 0 Å². The second-order valence-corrected chi connectivity index (χ2v) is 5.97. The molecule has 1 aromatic carbocycles. The van der Waals surface area contributed by atoms with Crippen molar-refractivity contribution < 1.29 is 14.0 Å². The summed E-state index contributed by atoms with van der Waals surface area (Å²) in [6.07, 6.45) is 2.05. The lowest BCUT2D eigenvalue weighted by Gasteiger charge is -2.17. The molecule has 0 saturated carbocycles.